The first-order chi connectivity index (χ1) is 18.3. The van der Waals surface area contributed by atoms with Gasteiger partial charge in [0.1, 0.15) is 17.6 Å². The summed E-state index contributed by atoms with van der Waals surface area (Å²) in [7, 11) is 1.54. The lowest BCUT2D eigenvalue weighted by Gasteiger charge is -2.68. The second-order valence-corrected chi connectivity index (χ2v) is 12.9. The van der Waals surface area contributed by atoms with Crippen LogP contribution in [0.3, 0.4) is 0 Å². The normalized spacial score (nSPS) is 40.4. The molecule has 0 saturated heterocycles. The summed E-state index contributed by atoms with van der Waals surface area (Å²) in [4.78, 5) is 40.0. The Kier molecular flexibility index (Phi) is 7.02. The van der Waals surface area contributed by atoms with Crippen LogP contribution in [0.4, 0.5) is 0 Å². The smallest absolute Gasteiger partial charge is 0.338 e. The molecule has 4 aliphatic rings. The van der Waals surface area contributed by atoms with E-state index in [-0.39, 0.29) is 17.7 Å². The highest BCUT2D eigenvalue weighted by Gasteiger charge is 2.80. The van der Waals surface area contributed by atoms with Gasteiger partial charge in [0, 0.05) is 36.3 Å². The SMILES string of the molecule is C=C1C(=O)[C@]23[C@H](OC(=O)c4ccc(Cl)cc4)[C@H]1CC[C@H]2[C@]1(COC)C(OC(C)=O)CCC(C)(C)[C@H]1[C@H](O)[C@@H]3O. The molecule has 1 aromatic carbocycles. The Morgan fingerprint density at radius 3 is 2.38 bits per heavy atom. The Hall–Kier alpha value is -2.26. The molecular formula is C30H37ClO8. The van der Waals surface area contributed by atoms with E-state index in [1.54, 1.807) is 19.2 Å². The molecule has 9 heteroatoms. The number of ketones is 1. The Morgan fingerprint density at radius 1 is 1.10 bits per heavy atom. The minimum atomic E-state index is -1.66. The zero-order valence-corrected chi connectivity index (χ0v) is 23.6. The molecule has 2 N–H and O–H groups in total. The molecule has 5 rings (SSSR count). The van der Waals surface area contributed by atoms with Gasteiger partial charge in [-0.2, -0.15) is 0 Å². The van der Waals surface area contributed by atoms with Crippen LogP contribution in [0.25, 0.3) is 0 Å². The largest absolute Gasteiger partial charge is 0.462 e. The van der Waals surface area contributed by atoms with E-state index in [0.29, 0.717) is 30.7 Å². The second kappa shape index (κ2) is 9.68. The molecular weight excluding hydrogens is 524 g/mol. The van der Waals surface area contributed by atoms with Gasteiger partial charge >= 0.3 is 11.9 Å². The Balaban J connectivity index is 1.70. The predicted molar refractivity (Wildman–Crippen MR) is 142 cm³/mol. The van der Waals surface area contributed by atoms with Crippen LogP contribution in [-0.2, 0) is 23.8 Å². The van der Waals surface area contributed by atoms with Crippen molar-refractivity contribution in [1.29, 1.82) is 0 Å². The summed E-state index contributed by atoms with van der Waals surface area (Å²) in [5.74, 6) is -3.21. The zero-order chi connectivity index (χ0) is 28.5. The number of rotatable bonds is 5. The monoisotopic (exact) mass is 560 g/mol. The number of aliphatic hydroxyl groups is 2. The highest BCUT2D eigenvalue weighted by Crippen LogP contribution is 2.72. The summed E-state index contributed by atoms with van der Waals surface area (Å²) in [6.07, 6.45) is -2.48. The van der Waals surface area contributed by atoms with Gasteiger partial charge in [0.25, 0.3) is 0 Å². The number of Topliss-reactive ketones (excluding diaryl/α,β-unsaturated/α-hetero) is 1. The maximum absolute atomic E-state index is 14.3. The second-order valence-electron chi connectivity index (χ2n) is 12.4. The van der Waals surface area contributed by atoms with Gasteiger partial charge in [-0.05, 0) is 66.9 Å². The molecule has 0 heterocycles. The highest BCUT2D eigenvalue weighted by atomic mass is 35.5. The average Bonchev–Trinajstić information content (AvgIpc) is 2.99. The summed E-state index contributed by atoms with van der Waals surface area (Å²) in [6.45, 7) is 9.56. The molecule has 0 radical (unpaired) electrons. The fourth-order valence-electron chi connectivity index (χ4n) is 8.97. The van der Waals surface area contributed by atoms with Crippen LogP contribution in [0.2, 0.25) is 5.02 Å². The van der Waals surface area contributed by atoms with E-state index in [2.05, 4.69) is 6.58 Å². The van der Waals surface area contributed by atoms with Gasteiger partial charge in [0.2, 0.25) is 0 Å². The quantitative estimate of drug-likeness (QED) is 0.413. The van der Waals surface area contributed by atoms with E-state index in [9.17, 15) is 24.6 Å². The molecule has 1 unspecified atom stereocenters. The summed E-state index contributed by atoms with van der Waals surface area (Å²) >= 11 is 5.99. The van der Waals surface area contributed by atoms with Gasteiger partial charge in [-0.15, -0.1) is 0 Å². The molecule has 2 bridgehead atoms. The van der Waals surface area contributed by atoms with Crippen molar-refractivity contribution in [1.82, 2.24) is 0 Å². The van der Waals surface area contributed by atoms with E-state index in [1.165, 1.54) is 19.1 Å². The lowest BCUT2D eigenvalue weighted by atomic mass is 9.38. The zero-order valence-electron chi connectivity index (χ0n) is 22.8. The summed E-state index contributed by atoms with van der Waals surface area (Å²) in [5, 5.41) is 24.4. The van der Waals surface area contributed by atoms with Crippen LogP contribution in [0.1, 0.15) is 56.8 Å². The average molecular weight is 561 g/mol. The van der Waals surface area contributed by atoms with Gasteiger partial charge in [-0.1, -0.05) is 32.0 Å². The molecule has 9 atom stereocenters. The van der Waals surface area contributed by atoms with Crippen LogP contribution in [0.5, 0.6) is 0 Å². The fraction of sp³-hybridized carbons (Fsp3) is 0.633. The van der Waals surface area contributed by atoms with Crippen molar-refractivity contribution in [2.45, 2.75) is 70.9 Å². The number of esters is 2. The molecule has 212 valence electrons. The third kappa shape index (κ3) is 3.85. The van der Waals surface area contributed by atoms with Crippen LogP contribution in [0.15, 0.2) is 36.4 Å². The lowest BCUT2D eigenvalue weighted by Crippen LogP contribution is -2.77. The first-order valence-electron chi connectivity index (χ1n) is 13.6. The summed E-state index contributed by atoms with van der Waals surface area (Å²) in [6, 6.07) is 6.22. The summed E-state index contributed by atoms with van der Waals surface area (Å²) in [5.41, 5.74) is -2.62. The number of halogens is 1. The van der Waals surface area contributed by atoms with Gasteiger partial charge in [0.05, 0.1) is 24.4 Å². The van der Waals surface area contributed by atoms with Crippen molar-refractivity contribution in [3.63, 3.8) is 0 Å². The maximum atomic E-state index is 14.3. The molecule has 4 fully saturated rings. The highest BCUT2D eigenvalue weighted by molar-refractivity contribution is 6.30. The number of benzene rings is 1. The van der Waals surface area contributed by atoms with Crippen LogP contribution in [-0.4, -0.2) is 66.1 Å². The van der Waals surface area contributed by atoms with E-state index in [1.807, 2.05) is 13.8 Å². The van der Waals surface area contributed by atoms with E-state index < -0.39 is 76.1 Å². The van der Waals surface area contributed by atoms with Crippen molar-refractivity contribution in [2.75, 3.05) is 13.7 Å². The molecule has 4 aliphatic carbocycles. The van der Waals surface area contributed by atoms with Gasteiger partial charge in [-0.25, -0.2) is 4.79 Å². The standard InChI is InChI=1S/C30H37ClO8/c1-15-19-10-11-20-29(14-37-5)21(38-16(2)32)12-13-28(3,4)23(29)22(33)25(35)30(20,24(15)34)26(19)39-27(36)17-6-8-18(31)9-7-17/h6-9,19-23,25-26,33,35H,1,10-14H2,2-5H3/t19-,20-,21?,22-,23+,25-,26+,29+,30+/m0/s1. The van der Waals surface area contributed by atoms with Crippen molar-refractivity contribution in [3.8, 4) is 0 Å². The predicted octanol–water partition coefficient (Wildman–Crippen LogP) is 3.75. The Morgan fingerprint density at radius 2 is 1.77 bits per heavy atom. The first-order valence-corrected chi connectivity index (χ1v) is 13.9. The Labute approximate surface area is 233 Å². The van der Waals surface area contributed by atoms with Gasteiger partial charge in [-0.3, -0.25) is 9.59 Å². The van der Waals surface area contributed by atoms with Crippen LogP contribution in [0, 0.1) is 34.0 Å². The van der Waals surface area contributed by atoms with Crippen molar-refractivity contribution in [3.05, 3.63) is 47.0 Å². The molecule has 0 amide bonds. The number of methoxy groups -OCH3 is 1. The minimum Gasteiger partial charge on any atom is -0.462 e. The molecule has 4 saturated carbocycles. The number of fused-ring (bicyclic) bond motifs is 3. The molecule has 8 nitrogen and oxygen atoms in total. The van der Waals surface area contributed by atoms with Crippen molar-refractivity contribution in [2.24, 2.45) is 34.0 Å². The van der Waals surface area contributed by atoms with E-state index in [0.717, 1.165) is 0 Å². The molecule has 39 heavy (non-hydrogen) atoms. The van der Waals surface area contributed by atoms with Crippen molar-refractivity contribution < 1.29 is 38.8 Å². The minimum absolute atomic E-state index is 0.0948. The number of carbonyl (C=O) groups is 3. The molecule has 0 aromatic heterocycles. The van der Waals surface area contributed by atoms with Gasteiger partial charge < -0.3 is 24.4 Å². The first kappa shape index (κ1) is 28.3. The van der Waals surface area contributed by atoms with Gasteiger partial charge in [0.15, 0.2) is 5.78 Å². The molecule has 0 aliphatic heterocycles. The number of hydrogen-bond donors (Lipinski definition) is 2. The number of carbonyl (C=O) groups excluding carboxylic acids is 3. The maximum Gasteiger partial charge on any atom is 0.338 e. The third-order valence-electron chi connectivity index (χ3n) is 10.2. The van der Waals surface area contributed by atoms with Crippen LogP contribution < -0.4 is 0 Å². The molecule has 1 aromatic rings. The summed E-state index contributed by atoms with van der Waals surface area (Å²) < 4.78 is 17.9. The number of ether oxygens (including phenoxy) is 3. The number of aliphatic hydroxyl groups excluding tert-OH is 2. The fourth-order valence-corrected chi connectivity index (χ4v) is 9.10. The Bertz CT molecular complexity index is 1190. The van der Waals surface area contributed by atoms with E-state index in [4.69, 9.17) is 25.8 Å². The third-order valence-corrected chi connectivity index (χ3v) is 10.5. The van der Waals surface area contributed by atoms with E-state index >= 15 is 0 Å². The number of hydrogen-bond acceptors (Lipinski definition) is 8. The van der Waals surface area contributed by atoms with Crippen molar-refractivity contribution >= 4 is 29.3 Å². The van der Waals surface area contributed by atoms with Crippen LogP contribution >= 0.6 is 11.6 Å². The molecule has 1 spiro atoms. The topological polar surface area (TPSA) is 119 Å². The lowest BCUT2D eigenvalue weighted by molar-refractivity contribution is -0.304.